The lowest BCUT2D eigenvalue weighted by Gasteiger charge is -2.28. The van der Waals surface area contributed by atoms with Crippen molar-refractivity contribution in [1.82, 2.24) is 9.97 Å². The maximum absolute atomic E-state index is 4.57. The first-order chi connectivity index (χ1) is 9.88. The molecule has 0 saturated heterocycles. The molecule has 1 aromatic heterocycles. The molecule has 5 heteroatoms. The fraction of sp³-hybridized carbons (Fsp3) is 0.500. The molecule has 114 valence electrons. The molecule has 0 saturated carbocycles. The molecule has 0 bridgehead atoms. The van der Waals surface area contributed by atoms with E-state index >= 15 is 0 Å². The molecule has 0 aliphatic heterocycles. The zero-order chi connectivity index (χ0) is 15.6. The third kappa shape index (κ3) is 4.16. The van der Waals surface area contributed by atoms with Gasteiger partial charge in [0.15, 0.2) is 0 Å². The normalized spacial score (nSPS) is 11.6. The fourth-order valence-electron chi connectivity index (χ4n) is 2.46. The average Bonchev–Trinajstić information content (AvgIpc) is 2.36. The lowest BCUT2D eigenvalue weighted by molar-refractivity contribution is 0.550. The second-order valence-corrected chi connectivity index (χ2v) is 7.94. The van der Waals surface area contributed by atoms with Gasteiger partial charge in [0.2, 0.25) is 0 Å². The van der Waals surface area contributed by atoms with Crippen LogP contribution < -0.4 is 4.90 Å². The summed E-state index contributed by atoms with van der Waals surface area (Å²) in [6.07, 6.45) is 1.66. The SMILES string of the molecule is CC(C)CN(CC(C)C)c1ncnc2c(Br)cc(Br)cc12. The van der Waals surface area contributed by atoms with Crippen LogP contribution in [0.5, 0.6) is 0 Å². The van der Waals surface area contributed by atoms with Gasteiger partial charge in [0, 0.05) is 27.4 Å². The van der Waals surface area contributed by atoms with E-state index in [9.17, 15) is 0 Å². The summed E-state index contributed by atoms with van der Waals surface area (Å²) in [5, 5.41) is 1.08. The largest absolute Gasteiger partial charge is 0.355 e. The number of hydrogen-bond acceptors (Lipinski definition) is 3. The Bertz CT molecular complexity index is 616. The van der Waals surface area contributed by atoms with E-state index in [0.29, 0.717) is 11.8 Å². The van der Waals surface area contributed by atoms with Crippen LogP contribution in [-0.2, 0) is 0 Å². The highest BCUT2D eigenvalue weighted by Crippen LogP contribution is 2.32. The van der Waals surface area contributed by atoms with Crippen molar-refractivity contribution in [3.63, 3.8) is 0 Å². The molecule has 1 heterocycles. The number of halogens is 2. The van der Waals surface area contributed by atoms with Gasteiger partial charge in [0.05, 0.1) is 5.52 Å². The molecule has 1 aromatic carbocycles. The molecular weight excluding hydrogens is 394 g/mol. The fourth-order valence-corrected chi connectivity index (χ4v) is 3.79. The van der Waals surface area contributed by atoms with E-state index in [-0.39, 0.29) is 0 Å². The average molecular weight is 415 g/mol. The molecule has 0 aliphatic rings. The molecule has 0 unspecified atom stereocenters. The van der Waals surface area contributed by atoms with Gasteiger partial charge in [-0.05, 0) is 39.9 Å². The van der Waals surface area contributed by atoms with Crippen molar-refractivity contribution in [2.45, 2.75) is 27.7 Å². The van der Waals surface area contributed by atoms with Gasteiger partial charge in [0.25, 0.3) is 0 Å². The molecule has 21 heavy (non-hydrogen) atoms. The van der Waals surface area contributed by atoms with Crippen LogP contribution in [0.3, 0.4) is 0 Å². The monoisotopic (exact) mass is 413 g/mol. The maximum atomic E-state index is 4.57. The summed E-state index contributed by atoms with van der Waals surface area (Å²) in [7, 11) is 0. The second kappa shape index (κ2) is 7.05. The summed E-state index contributed by atoms with van der Waals surface area (Å²) in [5.41, 5.74) is 0.959. The standard InChI is InChI=1S/C16H21Br2N3/c1-10(2)7-21(8-11(3)4)16-13-5-12(17)6-14(18)15(13)19-9-20-16/h5-6,9-11H,7-8H2,1-4H3. The van der Waals surface area contributed by atoms with Crippen molar-refractivity contribution >= 4 is 48.6 Å². The Kier molecular flexibility index (Phi) is 5.60. The van der Waals surface area contributed by atoms with Crippen molar-refractivity contribution < 1.29 is 0 Å². The Morgan fingerprint density at radius 1 is 1.00 bits per heavy atom. The van der Waals surface area contributed by atoms with Gasteiger partial charge in [-0.1, -0.05) is 43.6 Å². The molecule has 0 aliphatic carbocycles. The molecule has 0 fully saturated rings. The van der Waals surface area contributed by atoms with Crippen LogP contribution in [0.25, 0.3) is 10.9 Å². The zero-order valence-corrected chi connectivity index (χ0v) is 16.1. The lowest BCUT2D eigenvalue weighted by atomic mass is 10.1. The topological polar surface area (TPSA) is 29.0 Å². The smallest absolute Gasteiger partial charge is 0.139 e. The van der Waals surface area contributed by atoms with Crippen molar-refractivity contribution in [3.05, 3.63) is 27.4 Å². The van der Waals surface area contributed by atoms with Gasteiger partial charge in [-0.25, -0.2) is 9.97 Å². The second-order valence-electron chi connectivity index (χ2n) is 6.17. The molecular formula is C16H21Br2N3. The summed E-state index contributed by atoms with van der Waals surface area (Å²) < 4.78 is 2.02. The first-order valence-electron chi connectivity index (χ1n) is 7.23. The van der Waals surface area contributed by atoms with Crippen molar-refractivity contribution in [2.75, 3.05) is 18.0 Å². The highest BCUT2D eigenvalue weighted by Gasteiger charge is 2.16. The van der Waals surface area contributed by atoms with Crippen LogP contribution in [0.4, 0.5) is 5.82 Å². The minimum atomic E-state index is 0.587. The summed E-state index contributed by atoms with van der Waals surface area (Å²) in [6, 6.07) is 4.12. The molecule has 3 nitrogen and oxygen atoms in total. The summed E-state index contributed by atoms with van der Waals surface area (Å²) in [5.74, 6) is 2.19. The third-order valence-electron chi connectivity index (χ3n) is 3.11. The van der Waals surface area contributed by atoms with E-state index in [1.807, 2.05) is 6.07 Å². The van der Waals surface area contributed by atoms with Gasteiger partial charge in [-0.15, -0.1) is 0 Å². The number of fused-ring (bicyclic) bond motifs is 1. The maximum Gasteiger partial charge on any atom is 0.139 e. The molecule has 0 N–H and O–H groups in total. The first kappa shape index (κ1) is 16.7. The van der Waals surface area contributed by atoms with E-state index in [2.05, 4.69) is 80.5 Å². The third-order valence-corrected chi connectivity index (χ3v) is 4.17. The number of rotatable bonds is 5. The van der Waals surface area contributed by atoms with E-state index in [1.54, 1.807) is 6.33 Å². The van der Waals surface area contributed by atoms with Gasteiger partial charge in [-0.2, -0.15) is 0 Å². The van der Waals surface area contributed by atoms with Crippen molar-refractivity contribution in [1.29, 1.82) is 0 Å². The van der Waals surface area contributed by atoms with Crippen LogP contribution >= 0.6 is 31.9 Å². The molecule has 0 amide bonds. The van der Waals surface area contributed by atoms with E-state index in [0.717, 1.165) is 38.8 Å². The predicted molar refractivity (Wildman–Crippen MR) is 96.8 cm³/mol. The van der Waals surface area contributed by atoms with E-state index in [1.165, 1.54) is 0 Å². The lowest BCUT2D eigenvalue weighted by Crippen LogP contribution is -2.32. The Hall–Kier alpha value is -0.680. The van der Waals surface area contributed by atoms with Crippen LogP contribution in [0.1, 0.15) is 27.7 Å². The Balaban J connectivity index is 2.56. The summed E-state index contributed by atoms with van der Waals surface area (Å²) in [4.78, 5) is 11.4. The Morgan fingerprint density at radius 3 is 2.19 bits per heavy atom. The van der Waals surface area contributed by atoms with Crippen LogP contribution in [-0.4, -0.2) is 23.1 Å². The number of nitrogens with zero attached hydrogens (tertiary/aromatic N) is 3. The highest BCUT2D eigenvalue weighted by molar-refractivity contribution is 9.11. The Morgan fingerprint density at radius 2 is 1.62 bits per heavy atom. The van der Waals surface area contributed by atoms with Crippen molar-refractivity contribution in [3.8, 4) is 0 Å². The number of anilines is 1. The molecule has 2 rings (SSSR count). The quantitative estimate of drug-likeness (QED) is 0.666. The zero-order valence-electron chi connectivity index (χ0n) is 12.9. The predicted octanol–water partition coefficient (Wildman–Crippen LogP) is 5.27. The Labute approximate surface area is 143 Å². The van der Waals surface area contributed by atoms with Gasteiger partial charge >= 0.3 is 0 Å². The highest BCUT2D eigenvalue weighted by atomic mass is 79.9. The van der Waals surface area contributed by atoms with Gasteiger partial charge < -0.3 is 4.90 Å². The van der Waals surface area contributed by atoms with Gasteiger partial charge in [-0.3, -0.25) is 0 Å². The van der Waals surface area contributed by atoms with E-state index in [4.69, 9.17) is 0 Å². The molecule has 2 aromatic rings. The number of hydrogen-bond donors (Lipinski definition) is 0. The van der Waals surface area contributed by atoms with Crippen LogP contribution in [0.15, 0.2) is 27.4 Å². The molecule has 0 atom stereocenters. The van der Waals surface area contributed by atoms with Crippen LogP contribution in [0, 0.1) is 11.8 Å². The molecule has 0 radical (unpaired) electrons. The summed E-state index contributed by atoms with van der Waals surface area (Å²) in [6.45, 7) is 10.9. The molecule has 0 spiro atoms. The first-order valence-corrected chi connectivity index (χ1v) is 8.81. The minimum Gasteiger partial charge on any atom is -0.355 e. The number of aromatic nitrogens is 2. The van der Waals surface area contributed by atoms with Crippen molar-refractivity contribution in [2.24, 2.45) is 11.8 Å². The minimum absolute atomic E-state index is 0.587. The number of benzene rings is 1. The van der Waals surface area contributed by atoms with Crippen LogP contribution in [0.2, 0.25) is 0 Å². The summed E-state index contributed by atoms with van der Waals surface area (Å²) >= 11 is 7.16. The van der Waals surface area contributed by atoms with E-state index < -0.39 is 0 Å². The van der Waals surface area contributed by atoms with Gasteiger partial charge in [0.1, 0.15) is 12.1 Å².